The molecule has 8 heteroatoms. The van der Waals surface area contributed by atoms with E-state index in [9.17, 15) is 0 Å². The maximum atomic E-state index is 6.05. The predicted octanol–water partition coefficient (Wildman–Crippen LogP) is 2.18. The number of imidazole rings is 1. The van der Waals surface area contributed by atoms with Crippen LogP contribution >= 0.6 is 11.6 Å². The van der Waals surface area contributed by atoms with Crippen LogP contribution in [0.4, 0.5) is 11.5 Å². The van der Waals surface area contributed by atoms with Gasteiger partial charge in [0.05, 0.1) is 13.3 Å². The van der Waals surface area contributed by atoms with Crippen molar-refractivity contribution in [3.05, 3.63) is 29.4 Å². The van der Waals surface area contributed by atoms with Gasteiger partial charge in [0.1, 0.15) is 10.8 Å². The van der Waals surface area contributed by atoms with Crippen molar-refractivity contribution in [1.29, 1.82) is 0 Å². The summed E-state index contributed by atoms with van der Waals surface area (Å²) in [7, 11) is 3.38. The molecule has 3 aromatic heterocycles. The van der Waals surface area contributed by atoms with Crippen molar-refractivity contribution in [2.24, 2.45) is 7.05 Å². The van der Waals surface area contributed by atoms with Gasteiger partial charge >= 0.3 is 0 Å². The monoisotopic (exact) mass is 292 g/mol. The Labute approximate surface area is 120 Å². The summed E-state index contributed by atoms with van der Waals surface area (Å²) in [6.45, 7) is 1.95. The normalized spacial score (nSPS) is 11.0. The lowest BCUT2D eigenvalue weighted by Gasteiger charge is -2.07. The van der Waals surface area contributed by atoms with Gasteiger partial charge in [0.25, 0.3) is 5.88 Å². The van der Waals surface area contributed by atoms with Crippen LogP contribution < -0.4 is 10.1 Å². The lowest BCUT2D eigenvalue weighted by atomic mass is 10.5. The molecule has 0 spiro atoms. The van der Waals surface area contributed by atoms with Gasteiger partial charge in [-0.05, 0) is 6.92 Å². The van der Waals surface area contributed by atoms with Gasteiger partial charge in [0.2, 0.25) is 0 Å². The molecule has 0 aliphatic heterocycles. The van der Waals surface area contributed by atoms with Gasteiger partial charge in [0, 0.05) is 25.1 Å². The summed E-state index contributed by atoms with van der Waals surface area (Å²) in [5.74, 6) is 1.03. The first-order valence-corrected chi connectivity index (χ1v) is 6.31. The van der Waals surface area contributed by atoms with E-state index in [1.54, 1.807) is 30.4 Å². The number of nitrogens with zero attached hydrogens (tertiary/aromatic N) is 5. The average Bonchev–Trinajstić information content (AvgIpc) is 2.94. The number of aryl methyl sites for hydroxylation is 2. The Morgan fingerprint density at radius 2 is 2.15 bits per heavy atom. The quantitative estimate of drug-likeness (QED) is 0.801. The second-order valence-electron chi connectivity index (χ2n) is 4.36. The van der Waals surface area contributed by atoms with Gasteiger partial charge in [-0.3, -0.25) is 9.08 Å². The number of methoxy groups -OCH3 is 1. The Morgan fingerprint density at radius 1 is 1.35 bits per heavy atom. The highest BCUT2D eigenvalue weighted by atomic mass is 35.5. The molecule has 0 atom stereocenters. The van der Waals surface area contributed by atoms with Crippen molar-refractivity contribution in [1.82, 2.24) is 24.1 Å². The third kappa shape index (κ3) is 2.05. The molecular weight excluding hydrogens is 280 g/mol. The molecule has 0 bridgehead atoms. The number of nitrogens with one attached hydrogen (secondary N) is 1. The first-order chi connectivity index (χ1) is 9.58. The molecule has 3 rings (SSSR count). The summed E-state index contributed by atoms with van der Waals surface area (Å²) in [6, 6.07) is 0. The highest BCUT2D eigenvalue weighted by Crippen LogP contribution is 2.27. The van der Waals surface area contributed by atoms with Crippen LogP contribution in [0, 0.1) is 6.92 Å². The first-order valence-electron chi connectivity index (χ1n) is 5.93. The van der Waals surface area contributed by atoms with Gasteiger partial charge in [-0.25, -0.2) is 9.97 Å². The molecule has 0 aliphatic rings. The fourth-order valence-electron chi connectivity index (χ4n) is 1.99. The summed E-state index contributed by atoms with van der Waals surface area (Å²) >= 11 is 6.05. The van der Waals surface area contributed by atoms with E-state index in [0.717, 1.165) is 5.69 Å². The topological polar surface area (TPSA) is 69.3 Å². The molecule has 0 radical (unpaired) electrons. The molecule has 0 amide bonds. The van der Waals surface area contributed by atoms with E-state index in [4.69, 9.17) is 16.3 Å². The number of halogens is 1. The average molecular weight is 293 g/mol. The van der Waals surface area contributed by atoms with Crippen LogP contribution in [0.15, 0.2) is 18.6 Å². The largest absolute Gasteiger partial charge is 0.478 e. The van der Waals surface area contributed by atoms with Gasteiger partial charge in [-0.1, -0.05) is 11.6 Å². The molecule has 104 valence electrons. The van der Waals surface area contributed by atoms with Gasteiger partial charge in [0.15, 0.2) is 11.5 Å². The molecule has 0 aromatic carbocycles. The Balaban J connectivity index is 2.10. The minimum atomic E-state index is 0.379. The van der Waals surface area contributed by atoms with E-state index in [1.165, 1.54) is 0 Å². The molecular formula is C12H13ClN6O. The van der Waals surface area contributed by atoms with Gasteiger partial charge in [-0.15, -0.1) is 5.10 Å². The molecule has 0 unspecified atom stereocenters. The van der Waals surface area contributed by atoms with Crippen molar-refractivity contribution in [3.8, 4) is 5.88 Å². The van der Waals surface area contributed by atoms with Crippen molar-refractivity contribution in [3.63, 3.8) is 0 Å². The fourth-order valence-corrected chi connectivity index (χ4v) is 2.17. The molecule has 0 fully saturated rings. The van der Waals surface area contributed by atoms with Crippen LogP contribution in [0.5, 0.6) is 5.88 Å². The van der Waals surface area contributed by atoms with Crippen LogP contribution in [-0.2, 0) is 7.05 Å². The maximum absolute atomic E-state index is 6.05. The summed E-state index contributed by atoms with van der Waals surface area (Å²) in [5, 5.41) is 7.71. The first kappa shape index (κ1) is 12.7. The van der Waals surface area contributed by atoms with Crippen LogP contribution in [0.25, 0.3) is 5.65 Å². The number of hydrogen-bond acceptors (Lipinski definition) is 5. The smallest absolute Gasteiger partial charge is 0.256 e. The van der Waals surface area contributed by atoms with E-state index in [-0.39, 0.29) is 0 Å². The van der Waals surface area contributed by atoms with Crippen molar-refractivity contribution >= 4 is 28.8 Å². The van der Waals surface area contributed by atoms with E-state index in [2.05, 4.69) is 20.4 Å². The van der Waals surface area contributed by atoms with Crippen molar-refractivity contribution < 1.29 is 4.74 Å². The van der Waals surface area contributed by atoms with Gasteiger partial charge < -0.3 is 10.1 Å². The number of rotatable bonds is 3. The highest BCUT2D eigenvalue weighted by Gasteiger charge is 2.13. The third-order valence-electron chi connectivity index (χ3n) is 2.89. The number of ether oxygens (including phenoxy) is 1. The van der Waals surface area contributed by atoms with E-state index in [1.807, 2.05) is 18.4 Å². The Bertz CT molecular complexity index is 778. The van der Waals surface area contributed by atoms with Crippen LogP contribution in [0.2, 0.25) is 5.15 Å². The number of fused-ring (bicyclic) bond motifs is 1. The zero-order valence-electron chi connectivity index (χ0n) is 11.3. The molecule has 1 N–H and O–H groups in total. The SMILES string of the molecule is COc1nn(C)cc1Nc1nc(Cl)cn2c(C)cnc12. The van der Waals surface area contributed by atoms with Crippen molar-refractivity contribution in [2.45, 2.75) is 6.92 Å². The summed E-state index contributed by atoms with van der Waals surface area (Å²) in [5.41, 5.74) is 2.37. The second-order valence-corrected chi connectivity index (χ2v) is 4.74. The molecule has 0 saturated carbocycles. The fraction of sp³-hybridized carbons (Fsp3) is 0.250. The van der Waals surface area contributed by atoms with Gasteiger partial charge in [-0.2, -0.15) is 0 Å². The molecule has 7 nitrogen and oxygen atoms in total. The number of hydrogen-bond donors (Lipinski definition) is 1. The molecule has 3 heterocycles. The van der Waals surface area contributed by atoms with Crippen LogP contribution in [0.1, 0.15) is 5.69 Å². The standard InChI is InChI=1S/C12H13ClN6O/c1-7-4-14-11-10(16-9(13)6-19(7)11)15-8-5-18(2)17-12(8)20-3/h4-6H,1-3H3,(H,15,16). The third-order valence-corrected chi connectivity index (χ3v) is 3.07. The number of anilines is 2. The highest BCUT2D eigenvalue weighted by molar-refractivity contribution is 6.29. The van der Waals surface area contributed by atoms with E-state index >= 15 is 0 Å². The van der Waals surface area contributed by atoms with Crippen molar-refractivity contribution in [2.75, 3.05) is 12.4 Å². The molecule has 3 aromatic rings. The summed E-state index contributed by atoms with van der Waals surface area (Å²) < 4.78 is 8.73. The molecule has 0 saturated heterocycles. The van der Waals surface area contributed by atoms with E-state index < -0.39 is 0 Å². The Hall–Kier alpha value is -2.28. The van der Waals surface area contributed by atoms with Crippen LogP contribution in [-0.4, -0.2) is 31.3 Å². The molecule has 20 heavy (non-hydrogen) atoms. The summed E-state index contributed by atoms with van der Waals surface area (Å²) in [6.07, 6.45) is 5.29. The Kier molecular flexibility index (Phi) is 2.98. The number of aromatic nitrogens is 5. The zero-order chi connectivity index (χ0) is 14.3. The lowest BCUT2D eigenvalue weighted by molar-refractivity contribution is 0.393. The minimum Gasteiger partial charge on any atom is -0.478 e. The minimum absolute atomic E-state index is 0.379. The molecule has 0 aliphatic carbocycles. The van der Waals surface area contributed by atoms with Crippen LogP contribution in [0.3, 0.4) is 0 Å². The Morgan fingerprint density at radius 3 is 2.90 bits per heavy atom. The lowest BCUT2D eigenvalue weighted by Crippen LogP contribution is -2.00. The summed E-state index contributed by atoms with van der Waals surface area (Å²) in [4.78, 5) is 8.60. The zero-order valence-corrected chi connectivity index (χ0v) is 12.0. The second kappa shape index (κ2) is 4.68. The maximum Gasteiger partial charge on any atom is 0.256 e. The van der Waals surface area contributed by atoms with E-state index in [0.29, 0.717) is 28.2 Å². The predicted molar refractivity (Wildman–Crippen MR) is 75.8 cm³/mol.